The number of phenolic OH excluding ortho intramolecular Hbond substituents is 2. The predicted octanol–water partition coefficient (Wildman–Crippen LogP) is 4.39. The van der Waals surface area contributed by atoms with Crippen LogP contribution in [0.15, 0.2) is 15.0 Å². The Hall–Kier alpha value is -1.44. The lowest BCUT2D eigenvalue weighted by atomic mass is 9.76. The number of aromatic hydroxyl groups is 2. The minimum Gasteiger partial charge on any atom is -0.503 e. The zero-order chi connectivity index (χ0) is 18.7. The van der Waals surface area contributed by atoms with E-state index < -0.39 is 0 Å². The highest BCUT2D eigenvalue weighted by molar-refractivity contribution is 9.11. The van der Waals surface area contributed by atoms with E-state index in [-0.39, 0.29) is 17.5 Å². The number of phenols is 2. The summed E-state index contributed by atoms with van der Waals surface area (Å²) in [6.07, 6.45) is 1.60. The number of hydrogen-bond donors (Lipinski definition) is 2. The Kier molecular flexibility index (Phi) is 4.36. The van der Waals surface area contributed by atoms with Crippen LogP contribution in [0.5, 0.6) is 23.0 Å². The number of fused-ring (bicyclic) bond motifs is 2. The molecule has 1 aliphatic heterocycles. The van der Waals surface area contributed by atoms with Crippen LogP contribution in [0.25, 0.3) is 11.1 Å². The smallest absolute Gasteiger partial charge is 0.173 e. The number of likely N-dealkylation sites (N-methyl/N-ethyl adjacent to an activating group) is 1. The van der Waals surface area contributed by atoms with Crippen molar-refractivity contribution in [3.8, 4) is 34.1 Å². The molecule has 1 unspecified atom stereocenters. The topological polar surface area (TPSA) is 62.2 Å². The minimum absolute atomic E-state index is 0.0914. The van der Waals surface area contributed by atoms with Gasteiger partial charge in [0, 0.05) is 18.2 Å². The van der Waals surface area contributed by atoms with E-state index in [0.717, 1.165) is 41.6 Å². The zero-order valence-corrected chi connectivity index (χ0v) is 17.9. The molecule has 0 amide bonds. The highest BCUT2D eigenvalue weighted by Gasteiger charge is 2.39. The summed E-state index contributed by atoms with van der Waals surface area (Å²) in [5, 5.41) is 21.2. The molecule has 26 heavy (non-hydrogen) atoms. The van der Waals surface area contributed by atoms with E-state index in [4.69, 9.17) is 9.47 Å². The molecule has 138 valence electrons. The molecule has 2 aromatic rings. The molecule has 0 saturated carbocycles. The second-order valence-corrected chi connectivity index (χ2v) is 8.27. The Labute approximate surface area is 168 Å². The van der Waals surface area contributed by atoms with Gasteiger partial charge in [-0.1, -0.05) is 0 Å². The van der Waals surface area contributed by atoms with E-state index in [1.54, 1.807) is 7.11 Å². The Morgan fingerprint density at radius 2 is 1.77 bits per heavy atom. The summed E-state index contributed by atoms with van der Waals surface area (Å²) < 4.78 is 12.3. The van der Waals surface area contributed by atoms with Crippen LogP contribution >= 0.6 is 31.9 Å². The summed E-state index contributed by atoms with van der Waals surface area (Å²) in [5.74, 6) is 1.03. The first-order valence-corrected chi connectivity index (χ1v) is 9.89. The Morgan fingerprint density at radius 3 is 2.42 bits per heavy atom. The first-order valence-electron chi connectivity index (χ1n) is 8.30. The van der Waals surface area contributed by atoms with E-state index in [2.05, 4.69) is 43.8 Å². The fraction of sp³-hybridized carbons (Fsp3) is 0.368. The molecule has 0 radical (unpaired) electrons. The molecular formula is C19H19Br2NO4. The average Bonchev–Trinajstić information content (AvgIpc) is 2.64. The van der Waals surface area contributed by atoms with Crippen molar-refractivity contribution in [1.82, 2.24) is 4.90 Å². The summed E-state index contributed by atoms with van der Waals surface area (Å²) in [6.45, 7) is 0.899. The third-order valence-corrected chi connectivity index (χ3v) is 7.20. The van der Waals surface area contributed by atoms with Gasteiger partial charge in [-0.3, -0.25) is 4.90 Å². The van der Waals surface area contributed by atoms with Crippen LogP contribution in [0.1, 0.15) is 22.7 Å². The van der Waals surface area contributed by atoms with Crippen LogP contribution in [0.3, 0.4) is 0 Å². The van der Waals surface area contributed by atoms with Gasteiger partial charge in [-0.15, -0.1) is 0 Å². The van der Waals surface area contributed by atoms with Crippen molar-refractivity contribution in [3.63, 3.8) is 0 Å². The molecule has 2 N–H and O–H groups in total. The van der Waals surface area contributed by atoms with Gasteiger partial charge in [0.25, 0.3) is 0 Å². The number of benzene rings is 2. The monoisotopic (exact) mass is 483 g/mol. The zero-order valence-electron chi connectivity index (χ0n) is 14.7. The molecule has 0 aromatic heterocycles. The molecule has 7 heteroatoms. The number of hydrogen-bond acceptors (Lipinski definition) is 5. The molecule has 1 heterocycles. The van der Waals surface area contributed by atoms with E-state index in [9.17, 15) is 10.2 Å². The summed E-state index contributed by atoms with van der Waals surface area (Å²) in [6, 6.07) is 1.97. The van der Waals surface area contributed by atoms with E-state index in [1.807, 2.05) is 6.07 Å². The second kappa shape index (κ2) is 6.32. The molecular weight excluding hydrogens is 466 g/mol. The van der Waals surface area contributed by atoms with Crippen molar-refractivity contribution in [1.29, 1.82) is 0 Å². The molecule has 0 saturated heterocycles. The first-order chi connectivity index (χ1) is 12.4. The van der Waals surface area contributed by atoms with Crippen LogP contribution < -0.4 is 9.47 Å². The van der Waals surface area contributed by atoms with Gasteiger partial charge in [-0.2, -0.15) is 0 Å². The fourth-order valence-corrected chi connectivity index (χ4v) is 5.34. The van der Waals surface area contributed by atoms with Crippen LogP contribution in [0.4, 0.5) is 0 Å². The number of halogens is 2. The molecule has 0 bridgehead atoms. The van der Waals surface area contributed by atoms with Crippen molar-refractivity contribution in [2.24, 2.45) is 0 Å². The number of ether oxygens (including phenoxy) is 2. The highest BCUT2D eigenvalue weighted by Crippen LogP contribution is 2.57. The molecule has 1 aliphatic carbocycles. The summed E-state index contributed by atoms with van der Waals surface area (Å²) in [4.78, 5) is 2.31. The predicted molar refractivity (Wildman–Crippen MR) is 106 cm³/mol. The third kappa shape index (κ3) is 2.30. The van der Waals surface area contributed by atoms with Crippen molar-refractivity contribution < 1.29 is 19.7 Å². The molecule has 2 aromatic carbocycles. The van der Waals surface area contributed by atoms with Gasteiger partial charge in [0.1, 0.15) is 0 Å². The number of rotatable bonds is 2. The maximum Gasteiger partial charge on any atom is 0.173 e. The summed E-state index contributed by atoms with van der Waals surface area (Å²) >= 11 is 7.11. The SMILES string of the molecule is COc1cc2c(c(Br)c1O)CC1c3c(c(Br)c(O)c(OC)c3-2)CCN1C. The Morgan fingerprint density at radius 1 is 1.08 bits per heavy atom. The van der Waals surface area contributed by atoms with Crippen LogP contribution in [-0.4, -0.2) is 42.9 Å². The van der Waals surface area contributed by atoms with Gasteiger partial charge in [-0.25, -0.2) is 0 Å². The van der Waals surface area contributed by atoms with Crippen molar-refractivity contribution >= 4 is 31.9 Å². The quantitative estimate of drug-likeness (QED) is 0.661. The number of nitrogens with zero attached hydrogens (tertiary/aromatic N) is 1. The van der Waals surface area contributed by atoms with Gasteiger partial charge >= 0.3 is 0 Å². The van der Waals surface area contributed by atoms with Crippen LogP contribution in [0, 0.1) is 0 Å². The summed E-state index contributed by atoms with van der Waals surface area (Å²) in [7, 11) is 5.19. The van der Waals surface area contributed by atoms with Gasteiger partial charge in [0.05, 0.1) is 23.2 Å². The van der Waals surface area contributed by atoms with Crippen LogP contribution in [0.2, 0.25) is 0 Å². The van der Waals surface area contributed by atoms with Gasteiger partial charge in [-0.05, 0) is 80.1 Å². The average molecular weight is 485 g/mol. The Bertz CT molecular complexity index is 929. The normalized spacial score (nSPS) is 18.3. The van der Waals surface area contributed by atoms with Crippen LogP contribution in [-0.2, 0) is 12.8 Å². The lowest BCUT2D eigenvalue weighted by Gasteiger charge is -2.41. The van der Waals surface area contributed by atoms with Gasteiger partial charge < -0.3 is 19.7 Å². The lowest BCUT2D eigenvalue weighted by Crippen LogP contribution is -2.36. The minimum atomic E-state index is 0.0914. The Balaban J connectivity index is 2.15. The highest BCUT2D eigenvalue weighted by atomic mass is 79.9. The van der Waals surface area contributed by atoms with E-state index in [0.29, 0.717) is 20.4 Å². The molecule has 2 aliphatic rings. The van der Waals surface area contributed by atoms with Crippen molar-refractivity contribution in [2.75, 3.05) is 27.8 Å². The standard InChI is InChI=1S/C19H19Br2NO4/c1-22-5-4-8-13-11(22)6-10-9(7-12(25-2)17(23)16(10)21)14(13)19(26-3)18(24)15(8)20/h7,11,23-24H,4-6H2,1-3H3. The maximum atomic E-state index is 10.7. The lowest BCUT2D eigenvalue weighted by molar-refractivity contribution is 0.226. The molecule has 0 fully saturated rings. The fourth-order valence-electron chi connectivity index (χ4n) is 4.18. The van der Waals surface area contributed by atoms with E-state index in [1.165, 1.54) is 12.7 Å². The van der Waals surface area contributed by atoms with Gasteiger partial charge in [0.2, 0.25) is 0 Å². The summed E-state index contributed by atoms with van der Waals surface area (Å²) in [5.41, 5.74) is 5.07. The van der Waals surface area contributed by atoms with E-state index >= 15 is 0 Å². The number of methoxy groups -OCH3 is 2. The largest absolute Gasteiger partial charge is 0.503 e. The molecule has 0 spiro atoms. The maximum absolute atomic E-state index is 10.7. The van der Waals surface area contributed by atoms with Gasteiger partial charge in [0.15, 0.2) is 23.0 Å². The second-order valence-electron chi connectivity index (χ2n) is 6.68. The molecule has 1 atom stereocenters. The molecule has 4 rings (SSSR count). The third-order valence-electron chi connectivity index (χ3n) is 5.49. The first kappa shape index (κ1) is 17.9. The van der Waals surface area contributed by atoms with Crippen molar-refractivity contribution in [3.05, 3.63) is 31.7 Å². The van der Waals surface area contributed by atoms with Crippen molar-refractivity contribution in [2.45, 2.75) is 18.9 Å². The molecule has 5 nitrogen and oxygen atoms in total.